The number of thiophene rings is 1. The summed E-state index contributed by atoms with van der Waals surface area (Å²) >= 11 is 1.94. The van der Waals surface area contributed by atoms with E-state index in [0.717, 1.165) is 13.0 Å². The van der Waals surface area contributed by atoms with Crippen LogP contribution < -0.4 is 5.32 Å². The zero-order valence-electron chi connectivity index (χ0n) is 10.3. The average molecular weight is 243 g/mol. The lowest BCUT2D eigenvalue weighted by molar-refractivity contribution is 0.520. The third-order valence-corrected chi connectivity index (χ3v) is 4.65. The smallest absolute Gasteiger partial charge is 0.0351 e. The summed E-state index contributed by atoms with van der Waals surface area (Å²) in [5.41, 5.74) is 4.30. The lowest BCUT2D eigenvalue weighted by atomic mass is 10.0. The molecule has 1 aromatic heterocycles. The zero-order chi connectivity index (χ0) is 11.8. The van der Waals surface area contributed by atoms with E-state index in [2.05, 4.69) is 49.5 Å². The van der Waals surface area contributed by atoms with Gasteiger partial charge in [-0.1, -0.05) is 24.3 Å². The number of nitrogens with one attached hydrogen (secondary N) is 1. The van der Waals surface area contributed by atoms with Crippen LogP contribution in [-0.4, -0.2) is 6.04 Å². The molecule has 0 bridgehead atoms. The van der Waals surface area contributed by atoms with Gasteiger partial charge >= 0.3 is 0 Å². The first-order valence-corrected chi connectivity index (χ1v) is 6.96. The van der Waals surface area contributed by atoms with Crippen LogP contribution >= 0.6 is 11.3 Å². The number of aryl methyl sites for hydroxylation is 1. The van der Waals surface area contributed by atoms with Crippen LogP contribution in [0.2, 0.25) is 0 Å². The maximum absolute atomic E-state index is 3.53. The highest BCUT2D eigenvalue weighted by molar-refractivity contribution is 7.15. The van der Waals surface area contributed by atoms with Crippen LogP contribution in [0.25, 0.3) is 10.4 Å². The van der Waals surface area contributed by atoms with Gasteiger partial charge in [-0.3, -0.25) is 0 Å². The first-order chi connectivity index (χ1) is 8.24. The molecule has 17 heavy (non-hydrogen) atoms. The summed E-state index contributed by atoms with van der Waals surface area (Å²) in [6.07, 6.45) is 1.16. The summed E-state index contributed by atoms with van der Waals surface area (Å²) < 4.78 is 0. The van der Waals surface area contributed by atoms with Gasteiger partial charge in [-0.25, -0.2) is 0 Å². The second kappa shape index (κ2) is 4.28. The predicted molar refractivity (Wildman–Crippen MR) is 74.5 cm³/mol. The minimum atomic E-state index is 0.613. The Kier molecular flexibility index (Phi) is 2.77. The van der Waals surface area contributed by atoms with Crippen LogP contribution in [0, 0.1) is 6.92 Å². The molecule has 3 rings (SSSR count). The van der Waals surface area contributed by atoms with Gasteiger partial charge in [-0.15, -0.1) is 11.3 Å². The fourth-order valence-electron chi connectivity index (χ4n) is 2.44. The molecule has 0 saturated heterocycles. The summed E-state index contributed by atoms with van der Waals surface area (Å²) in [5, 5.41) is 3.53. The Bertz CT molecular complexity index is 542. The van der Waals surface area contributed by atoms with Crippen molar-refractivity contribution in [2.45, 2.75) is 32.9 Å². The van der Waals surface area contributed by atoms with Gasteiger partial charge in [-0.2, -0.15) is 0 Å². The molecule has 1 aliphatic heterocycles. The number of hydrogen-bond donors (Lipinski definition) is 1. The summed E-state index contributed by atoms with van der Waals surface area (Å²) in [7, 11) is 0. The Morgan fingerprint density at radius 2 is 2.12 bits per heavy atom. The summed E-state index contributed by atoms with van der Waals surface area (Å²) in [5.74, 6) is 0. The topological polar surface area (TPSA) is 12.0 Å². The molecule has 1 N–H and O–H groups in total. The molecule has 0 aliphatic carbocycles. The standard InChI is InChI=1S/C15H17NS/c1-10-5-3-4-6-13(10)14-8-12-7-11(2)16-9-15(12)17-14/h3-6,8,11,16H,7,9H2,1-2H3. The Hall–Kier alpha value is -1.12. The third-order valence-electron chi connectivity index (χ3n) is 3.44. The van der Waals surface area contributed by atoms with E-state index < -0.39 is 0 Å². The second-order valence-electron chi connectivity index (χ2n) is 4.86. The lowest BCUT2D eigenvalue weighted by Crippen LogP contribution is -2.31. The van der Waals surface area contributed by atoms with E-state index in [0.29, 0.717) is 6.04 Å². The highest BCUT2D eigenvalue weighted by Gasteiger charge is 2.18. The monoisotopic (exact) mass is 243 g/mol. The Morgan fingerprint density at radius 1 is 1.29 bits per heavy atom. The highest BCUT2D eigenvalue weighted by Crippen LogP contribution is 2.35. The molecule has 2 aromatic rings. The second-order valence-corrected chi connectivity index (χ2v) is 6.00. The molecule has 1 unspecified atom stereocenters. The van der Waals surface area contributed by atoms with Gasteiger partial charge in [0.1, 0.15) is 0 Å². The molecular formula is C15H17NS. The van der Waals surface area contributed by atoms with Crippen LogP contribution in [0.4, 0.5) is 0 Å². The largest absolute Gasteiger partial charge is 0.309 e. The quantitative estimate of drug-likeness (QED) is 0.804. The highest BCUT2D eigenvalue weighted by atomic mass is 32.1. The van der Waals surface area contributed by atoms with Crippen LogP contribution in [0.3, 0.4) is 0 Å². The molecule has 88 valence electrons. The van der Waals surface area contributed by atoms with E-state index in [4.69, 9.17) is 0 Å². The summed E-state index contributed by atoms with van der Waals surface area (Å²) in [4.78, 5) is 2.94. The number of fused-ring (bicyclic) bond motifs is 1. The van der Waals surface area contributed by atoms with Crippen molar-refractivity contribution in [3.63, 3.8) is 0 Å². The molecule has 1 aromatic carbocycles. The first kappa shape index (κ1) is 11.0. The molecule has 0 amide bonds. The lowest BCUT2D eigenvalue weighted by Gasteiger charge is -2.19. The van der Waals surface area contributed by atoms with E-state index in [1.165, 1.54) is 20.9 Å². The van der Waals surface area contributed by atoms with Crippen molar-refractivity contribution in [2.75, 3.05) is 0 Å². The molecule has 1 nitrogen and oxygen atoms in total. The normalized spacial score (nSPS) is 19.1. The van der Waals surface area contributed by atoms with Crippen molar-refractivity contribution in [3.8, 4) is 10.4 Å². The van der Waals surface area contributed by atoms with Crippen LogP contribution in [0.1, 0.15) is 22.9 Å². The van der Waals surface area contributed by atoms with Gasteiger partial charge in [0.2, 0.25) is 0 Å². The van der Waals surface area contributed by atoms with Crippen LogP contribution in [0.15, 0.2) is 30.3 Å². The van der Waals surface area contributed by atoms with E-state index in [-0.39, 0.29) is 0 Å². The van der Waals surface area contributed by atoms with Crippen molar-refractivity contribution < 1.29 is 0 Å². The SMILES string of the molecule is Cc1ccccc1-c1cc2c(s1)CNC(C)C2. The maximum Gasteiger partial charge on any atom is 0.0351 e. The van der Waals surface area contributed by atoms with Gasteiger partial charge in [0, 0.05) is 22.3 Å². The minimum absolute atomic E-state index is 0.613. The predicted octanol–water partition coefficient (Wildman–Crippen LogP) is 3.76. The molecule has 0 spiro atoms. The molecule has 2 heteroatoms. The van der Waals surface area contributed by atoms with Gasteiger partial charge in [-0.05, 0) is 43.0 Å². The Balaban J connectivity index is 2.03. The Morgan fingerprint density at radius 3 is 2.94 bits per heavy atom. The molecule has 0 fully saturated rings. The fourth-order valence-corrected chi connectivity index (χ4v) is 3.67. The van der Waals surface area contributed by atoms with Crippen molar-refractivity contribution in [2.24, 2.45) is 0 Å². The fraction of sp³-hybridized carbons (Fsp3) is 0.333. The number of hydrogen-bond acceptors (Lipinski definition) is 2. The van der Waals surface area contributed by atoms with Crippen LogP contribution in [-0.2, 0) is 13.0 Å². The van der Waals surface area contributed by atoms with E-state index in [9.17, 15) is 0 Å². The van der Waals surface area contributed by atoms with Gasteiger partial charge < -0.3 is 5.32 Å². The molecule has 0 saturated carbocycles. The molecular weight excluding hydrogens is 226 g/mol. The van der Waals surface area contributed by atoms with Gasteiger partial charge in [0.15, 0.2) is 0 Å². The maximum atomic E-state index is 3.53. The third kappa shape index (κ3) is 2.03. The zero-order valence-corrected chi connectivity index (χ0v) is 11.1. The first-order valence-electron chi connectivity index (χ1n) is 6.15. The van der Waals surface area contributed by atoms with Crippen molar-refractivity contribution >= 4 is 11.3 Å². The Labute approximate surface area is 106 Å². The number of rotatable bonds is 1. The van der Waals surface area contributed by atoms with Gasteiger partial charge in [0.05, 0.1) is 0 Å². The van der Waals surface area contributed by atoms with E-state index >= 15 is 0 Å². The van der Waals surface area contributed by atoms with E-state index in [1.807, 2.05) is 11.3 Å². The van der Waals surface area contributed by atoms with Crippen LogP contribution in [0.5, 0.6) is 0 Å². The number of benzene rings is 1. The van der Waals surface area contributed by atoms with E-state index in [1.54, 1.807) is 5.56 Å². The van der Waals surface area contributed by atoms with Gasteiger partial charge in [0.25, 0.3) is 0 Å². The molecule has 1 atom stereocenters. The summed E-state index contributed by atoms with van der Waals surface area (Å²) in [6.45, 7) is 5.48. The summed E-state index contributed by atoms with van der Waals surface area (Å²) in [6, 6.07) is 11.7. The minimum Gasteiger partial charge on any atom is -0.309 e. The molecule has 1 aliphatic rings. The average Bonchev–Trinajstić information content (AvgIpc) is 2.72. The molecule has 2 heterocycles. The van der Waals surface area contributed by atoms with Crippen molar-refractivity contribution in [1.82, 2.24) is 5.32 Å². The van der Waals surface area contributed by atoms with Crippen molar-refractivity contribution in [1.29, 1.82) is 0 Å². The molecule has 0 radical (unpaired) electrons. The van der Waals surface area contributed by atoms with Crippen molar-refractivity contribution in [3.05, 3.63) is 46.3 Å².